The summed E-state index contributed by atoms with van der Waals surface area (Å²) in [6.07, 6.45) is 3.57. The minimum absolute atomic E-state index is 0.0305. The Hall–Kier alpha value is -2.88. The van der Waals surface area contributed by atoms with Gasteiger partial charge in [0.15, 0.2) is 5.78 Å². The van der Waals surface area contributed by atoms with E-state index < -0.39 is 0 Å². The van der Waals surface area contributed by atoms with Gasteiger partial charge in [-0.25, -0.2) is 0 Å². The van der Waals surface area contributed by atoms with Gasteiger partial charge in [0.25, 0.3) is 0 Å². The number of aromatic nitrogens is 1. The van der Waals surface area contributed by atoms with Crippen molar-refractivity contribution in [2.24, 2.45) is 0 Å². The summed E-state index contributed by atoms with van der Waals surface area (Å²) in [6.45, 7) is 1.50. The Bertz CT molecular complexity index is 794. The third kappa shape index (κ3) is 4.07. The number of anilines is 1. The molecule has 2 aromatic carbocycles. The molecule has 1 aromatic heterocycles. The lowest BCUT2D eigenvalue weighted by Crippen LogP contribution is -2.07. The molecule has 0 aliphatic rings. The molecule has 0 aliphatic carbocycles. The number of hydrogen-bond donors (Lipinski definition) is 1. The van der Waals surface area contributed by atoms with Crippen LogP contribution < -0.4 is 4.90 Å². The molecular weight excluding hydrogens is 288 g/mol. The lowest BCUT2D eigenvalue weighted by Gasteiger charge is -2.10. The summed E-state index contributed by atoms with van der Waals surface area (Å²) in [5.41, 5.74) is 1.76. The molecule has 0 saturated carbocycles. The van der Waals surface area contributed by atoms with Crippen molar-refractivity contribution in [2.45, 2.75) is 6.92 Å². The van der Waals surface area contributed by atoms with E-state index in [1.165, 1.54) is 12.6 Å². The molecule has 0 radical (unpaired) electrons. The summed E-state index contributed by atoms with van der Waals surface area (Å²) in [7, 11) is 4.02. The fourth-order valence-corrected chi connectivity index (χ4v) is 2.26. The molecule has 23 heavy (non-hydrogen) atoms. The lowest BCUT2D eigenvalue weighted by molar-refractivity contribution is 0.101. The zero-order valence-corrected chi connectivity index (χ0v) is 13.5. The maximum atomic E-state index is 11.3. The second-order valence-corrected chi connectivity index (χ2v) is 5.34. The summed E-state index contributed by atoms with van der Waals surface area (Å²) < 4.78 is 0. The Labute approximate surface area is 136 Å². The van der Waals surface area contributed by atoms with Gasteiger partial charge in [-0.3, -0.25) is 9.78 Å². The molecule has 1 heterocycles. The molecule has 3 aromatic rings. The summed E-state index contributed by atoms with van der Waals surface area (Å²) in [6, 6.07) is 14.6. The minimum atomic E-state index is -0.0305. The highest BCUT2D eigenvalue weighted by Gasteiger charge is 2.08. The molecule has 0 spiro atoms. The van der Waals surface area contributed by atoms with Crippen molar-refractivity contribution in [1.82, 2.24) is 4.98 Å². The van der Waals surface area contributed by atoms with Crippen LogP contribution in [0.2, 0.25) is 0 Å². The molecule has 0 amide bonds. The largest absolute Gasteiger partial charge is 0.507 e. The monoisotopic (exact) mass is 308 g/mol. The number of hydrogen-bond acceptors (Lipinski definition) is 4. The third-order valence-electron chi connectivity index (χ3n) is 3.44. The van der Waals surface area contributed by atoms with Crippen LogP contribution in [-0.4, -0.2) is 30.0 Å². The van der Waals surface area contributed by atoms with Crippen molar-refractivity contribution in [3.05, 3.63) is 66.5 Å². The number of fused-ring (bicyclic) bond motifs is 1. The fraction of sp³-hybridized carbons (Fsp3) is 0.158. The summed E-state index contributed by atoms with van der Waals surface area (Å²) in [4.78, 5) is 17.2. The van der Waals surface area contributed by atoms with Crippen LogP contribution in [0.25, 0.3) is 10.8 Å². The molecule has 118 valence electrons. The third-order valence-corrected chi connectivity index (χ3v) is 3.44. The Morgan fingerprint density at radius 1 is 1.00 bits per heavy atom. The Balaban J connectivity index is 0.000000185. The molecule has 4 nitrogen and oxygen atoms in total. The molecule has 0 bridgehead atoms. The van der Waals surface area contributed by atoms with Crippen molar-refractivity contribution in [1.29, 1.82) is 0 Å². The summed E-state index contributed by atoms with van der Waals surface area (Å²) in [5, 5.41) is 11.2. The maximum absolute atomic E-state index is 11.3. The number of rotatable bonds is 2. The Morgan fingerprint density at radius 3 is 2.13 bits per heavy atom. The van der Waals surface area contributed by atoms with E-state index in [1.54, 1.807) is 30.6 Å². The smallest absolute Gasteiger partial charge is 0.160 e. The number of benzene rings is 2. The van der Waals surface area contributed by atoms with E-state index in [9.17, 15) is 9.90 Å². The van der Waals surface area contributed by atoms with E-state index in [1.807, 2.05) is 49.3 Å². The fourth-order valence-electron chi connectivity index (χ4n) is 2.26. The van der Waals surface area contributed by atoms with E-state index in [4.69, 9.17) is 0 Å². The average Bonchev–Trinajstić information content (AvgIpc) is 2.56. The molecular formula is C19H20N2O2. The Kier molecular flexibility index (Phi) is 5.31. The number of carbonyl (C=O) groups is 1. The van der Waals surface area contributed by atoms with Gasteiger partial charge in [0.05, 0.1) is 0 Å². The molecule has 3 rings (SSSR count). The first-order chi connectivity index (χ1) is 11.0. The van der Waals surface area contributed by atoms with Gasteiger partial charge in [-0.15, -0.1) is 0 Å². The maximum Gasteiger partial charge on any atom is 0.160 e. The number of Topliss-reactive ketones (excluding diaryl/α,β-unsaturated/α-hetero) is 1. The van der Waals surface area contributed by atoms with E-state index in [0.29, 0.717) is 10.9 Å². The highest BCUT2D eigenvalue weighted by Crippen LogP contribution is 2.27. The Morgan fingerprint density at radius 2 is 1.61 bits per heavy atom. The van der Waals surface area contributed by atoms with Crippen LogP contribution >= 0.6 is 0 Å². The normalized spacial score (nSPS) is 9.87. The second-order valence-electron chi connectivity index (χ2n) is 5.34. The quantitative estimate of drug-likeness (QED) is 0.730. The predicted octanol–water partition coefficient (Wildman–Crippen LogP) is 3.90. The van der Waals surface area contributed by atoms with Crippen LogP contribution in [0.5, 0.6) is 5.75 Å². The number of aromatic hydroxyl groups is 1. The van der Waals surface area contributed by atoms with Crippen LogP contribution in [0.1, 0.15) is 17.3 Å². The van der Waals surface area contributed by atoms with Crippen LogP contribution in [0.3, 0.4) is 0 Å². The highest BCUT2D eigenvalue weighted by molar-refractivity contribution is 6.09. The number of phenolic OH excluding ortho intramolecular Hbond substituents is 1. The molecule has 0 unspecified atom stereocenters. The molecule has 0 aliphatic heterocycles. The van der Waals surface area contributed by atoms with Crippen LogP contribution in [0.15, 0.2) is 60.9 Å². The standard InChI is InChI=1S/C12H10O2.C7H10N2/c1-8(13)10-6-2-4-9-5-3-7-11(14)12(9)10;1-9(2)7-3-5-8-6-4-7/h2-7,14H,1H3;3-6H,1-2H3. The van der Waals surface area contributed by atoms with Crippen molar-refractivity contribution in [3.63, 3.8) is 0 Å². The highest BCUT2D eigenvalue weighted by atomic mass is 16.3. The van der Waals surface area contributed by atoms with E-state index in [2.05, 4.69) is 4.98 Å². The van der Waals surface area contributed by atoms with Crippen molar-refractivity contribution in [3.8, 4) is 5.75 Å². The number of carbonyl (C=O) groups excluding carboxylic acids is 1. The van der Waals surface area contributed by atoms with Crippen molar-refractivity contribution >= 4 is 22.2 Å². The number of ketones is 1. The van der Waals surface area contributed by atoms with Gasteiger partial charge in [0.1, 0.15) is 5.75 Å². The zero-order chi connectivity index (χ0) is 16.8. The molecule has 0 fully saturated rings. The van der Waals surface area contributed by atoms with Gasteiger partial charge in [-0.1, -0.05) is 30.3 Å². The molecule has 1 N–H and O–H groups in total. The first-order valence-corrected chi connectivity index (χ1v) is 7.29. The van der Waals surface area contributed by atoms with Gasteiger partial charge in [-0.2, -0.15) is 0 Å². The number of pyridine rings is 1. The van der Waals surface area contributed by atoms with Gasteiger partial charge in [-0.05, 0) is 30.5 Å². The lowest BCUT2D eigenvalue weighted by atomic mass is 10.0. The topological polar surface area (TPSA) is 53.4 Å². The van der Waals surface area contributed by atoms with Crippen molar-refractivity contribution in [2.75, 3.05) is 19.0 Å². The van der Waals surface area contributed by atoms with E-state index in [-0.39, 0.29) is 11.5 Å². The van der Waals surface area contributed by atoms with Gasteiger partial charge < -0.3 is 10.0 Å². The summed E-state index contributed by atoms with van der Waals surface area (Å²) in [5.74, 6) is 0.130. The van der Waals surface area contributed by atoms with Gasteiger partial charge >= 0.3 is 0 Å². The SMILES string of the molecule is CC(=O)c1cccc2cccc(O)c12.CN(C)c1ccncc1. The molecule has 0 saturated heterocycles. The summed E-state index contributed by atoms with van der Waals surface area (Å²) >= 11 is 0. The van der Waals surface area contributed by atoms with Crippen LogP contribution in [0, 0.1) is 0 Å². The van der Waals surface area contributed by atoms with E-state index >= 15 is 0 Å². The van der Waals surface area contributed by atoms with E-state index in [0.717, 1.165) is 5.39 Å². The van der Waals surface area contributed by atoms with Crippen molar-refractivity contribution < 1.29 is 9.90 Å². The van der Waals surface area contributed by atoms with Crippen LogP contribution in [-0.2, 0) is 0 Å². The first kappa shape index (κ1) is 16.5. The van der Waals surface area contributed by atoms with Crippen LogP contribution in [0.4, 0.5) is 5.69 Å². The average molecular weight is 308 g/mol. The number of phenols is 1. The van der Waals surface area contributed by atoms with Gasteiger partial charge in [0.2, 0.25) is 0 Å². The zero-order valence-electron chi connectivity index (χ0n) is 13.5. The first-order valence-electron chi connectivity index (χ1n) is 7.29. The minimum Gasteiger partial charge on any atom is -0.507 e. The van der Waals surface area contributed by atoms with Gasteiger partial charge in [0, 0.05) is 43.1 Å². The predicted molar refractivity (Wildman–Crippen MR) is 94.2 cm³/mol. The molecule has 4 heteroatoms. The molecule has 0 atom stereocenters. The second kappa shape index (κ2) is 7.40. The number of nitrogens with zero attached hydrogens (tertiary/aromatic N) is 2.